The van der Waals surface area contributed by atoms with Crippen LogP contribution in [0.15, 0.2) is 43.4 Å². The number of anilines is 1. The molecule has 0 saturated carbocycles. The van der Waals surface area contributed by atoms with Crippen LogP contribution in [0, 0.1) is 0 Å². The fraction of sp³-hybridized carbons (Fsp3) is 0.348. The molecule has 0 unspecified atom stereocenters. The monoisotopic (exact) mass is 539 g/mol. The number of carbonyl (C=O) groups excluding carboxylic acids is 2. The van der Waals surface area contributed by atoms with Crippen molar-refractivity contribution in [2.45, 2.75) is 19.1 Å². The van der Waals surface area contributed by atoms with Gasteiger partial charge in [-0.1, -0.05) is 24.3 Å². The van der Waals surface area contributed by atoms with Gasteiger partial charge < -0.3 is 24.8 Å². The summed E-state index contributed by atoms with van der Waals surface area (Å²) in [5, 5.41) is 2.96. The topological polar surface area (TPSA) is 116 Å². The van der Waals surface area contributed by atoms with Gasteiger partial charge in [-0.25, -0.2) is 19.7 Å². The third kappa shape index (κ3) is 7.32. The van der Waals surface area contributed by atoms with E-state index in [-0.39, 0.29) is 31.3 Å². The first kappa shape index (κ1) is 27.7. The van der Waals surface area contributed by atoms with Crippen LogP contribution < -0.4 is 10.2 Å². The van der Waals surface area contributed by atoms with E-state index in [1.165, 1.54) is 48.3 Å². The Balaban J connectivity index is 1.90. The van der Waals surface area contributed by atoms with Gasteiger partial charge in [-0.15, -0.1) is 0 Å². The Morgan fingerprint density at radius 2 is 2.08 bits per heavy atom. The highest BCUT2D eigenvalue weighted by molar-refractivity contribution is 6.31. The number of nitrogens with zero attached hydrogens (tertiary/aromatic N) is 5. The molecule has 2 amide bonds. The molecule has 10 nitrogen and oxygen atoms in total. The van der Waals surface area contributed by atoms with Crippen molar-refractivity contribution < 1.29 is 27.5 Å². The number of ether oxygens (including phenoxy) is 1. The normalized spacial score (nSPS) is 12.2. The lowest BCUT2D eigenvalue weighted by Crippen LogP contribution is -2.50. The number of likely N-dealkylation sites (N-methyl/N-ethyl adjacent to an activating group) is 1. The van der Waals surface area contributed by atoms with E-state index in [0.717, 1.165) is 0 Å². The fourth-order valence-electron chi connectivity index (χ4n) is 3.37. The zero-order valence-electron chi connectivity index (χ0n) is 20.0. The Labute approximate surface area is 215 Å². The first-order valence-corrected chi connectivity index (χ1v) is 11.4. The predicted octanol–water partition coefficient (Wildman–Crippen LogP) is 3.80. The van der Waals surface area contributed by atoms with Crippen LogP contribution in [0.4, 0.5) is 23.8 Å². The molecule has 3 heterocycles. The zero-order valence-corrected chi connectivity index (χ0v) is 20.8. The molecule has 0 fully saturated rings. The van der Waals surface area contributed by atoms with Crippen LogP contribution in [0.3, 0.4) is 0 Å². The molecule has 3 aromatic heterocycles. The van der Waals surface area contributed by atoms with Crippen LogP contribution in [0.5, 0.6) is 0 Å². The molecule has 0 aliphatic rings. The number of nitrogens with one attached hydrogen (secondary N) is 2. The van der Waals surface area contributed by atoms with Crippen LogP contribution in [0.2, 0.25) is 5.02 Å². The van der Waals surface area contributed by atoms with Gasteiger partial charge in [0.05, 0.1) is 5.02 Å². The summed E-state index contributed by atoms with van der Waals surface area (Å²) < 4.78 is 43.0. The maximum absolute atomic E-state index is 12.7. The Morgan fingerprint density at radius 1 is 1.32 bits per heavy atom. The number of hydrogen-bond acceptors (Lipinski definition) is 7. The van der Waals surface area contributed by atoms with Gasteiger partial charge in [0.1, 0.15) is 30.7 Å². The molecule has 1 atom stereocenters. The van der Waals surface area contributed by atoms with Crippen molar-refractivity contribution in [2.75, 3.05) is 38.2 Å². The summed E-state index contributed by atoms with van der Waals surface area (Å²) in [5.41, 5.74) is 1.15. The maximum atomic E-state index is 12.7. The lowest BCUT2D eigenvalue weighted by molar-refractivity contribution is -0.139. The van der Waals surface area contributed by atoms with E-state index in [0.29, 0.717) is 21.6 Å². The second-order valence-electron chi connectivity index (χ2n) is 7.98. The number of amides is 2. The van der Waals surface area contributed by atoms with Gasteiger partial charge in [0, 0.05) is 49.7 Å². The van der Waals surface area contributed by atoms with E-state index in [4.69, 9.17) is 16.3 Å². The first-order valence-electron chi connectivity index (χ1n) is 11.1. The van der Waals surface area contributed by atoms with E-state index in [9.17, 15) is 22.8 Å². The molecule has 0 bridgehead atoms. The molecule has 14 heteroatoms. The fourth-order valence-corrected chi connectivity index (χ4v) is 3.53. The second-order valence-corrected chi connectivity index (χ2v) is 8.42. The lowest BCUT2D eigenvalue weighted by atomic mass is 10.2. The average Bonchev–Trinajstić information content (AvgIpc) is 3.28. The molecule has 198 valence electrons. The number of halogens is 4. The Kier molecular flexibility index (Phi) is 8.92. The summed E-state index contributed by atoms with van der Waals surface area (Å²) in [6.45, 7) is 3.60. The van der Waals surface area contributed by atoms with Gasteiger partial charge in [0.2, 0.25) is 5.91 Å². The summed E-state index contributed by atoms with van der Waals surface area (Å²) in [6.07, 6.45) is 0.828. The predicted molar refractivity (Wildman–Crippen MR) is 132 cm³/mol. The third-order valence-corrected chi connectivity index (χ3v) is 5.50. The van der Waals surface area contributed by atoms with Gasteiger partial charge in [-0.3, -0.25) is 4.79 Å². The Bertz CT molecular complexity index is 1270. The number of aromatic amines is 1. The SMILES string of the molecule is C=CCOC(=O)N(C)CCN(c1ccnc(-c2c[nH]c3ncc(Cl)cc23)n1)[C@@H](C)C(=O)NCC(F)(F)F. The van der Waals surface area contributed by atoms with Crippen molar-refractivity contribution in [3.63, 3.8) is 0 Å². The molecule has 0 spiro atoms. The van der Waals surface area contributed by atoms with Crippen molar-refractivity contribution in [3.8, 4) is 11.4 Å². The van der Waals surface area contributed by atoms with Crippen LogP contribution in [-0.4, -0.2) is 82.3 Å². The zero-order chi connectivity index (χ0) is 27.2. The number of alkyl halides is 3. The van der Waals surface area contributed by atoms with Crippen molar-refractivity contribution in [1.29, 1.82) is 0 Å². The number of H-pyrrole nitrogens is 1. The van der Waals surface area contributed by atoms with Crippen LogP contribution in [0.25, 0.3) is 22.4 Å². The molecule has 2 N–H and O–H groups in total. The molecular formula is C23H25ClF3N7O3. The van der Waals surface area contributed by atoms with E-state index in [2.05, 4.69) is 26.5 Å². The van der Waals surface area contributed by atoms with Crippen LogP contribution in [0.1, 0.15) is 6.92 Å². The van der Waals surface area contributed by atoms with Gasteiger partial charge in [-0.2, -0.15) is 13.2 Å². The summed E-state index contributed by atoms with van der Waals surface area (Å²) in [6, 6.07) is 2.15. The van der Waals surface area contributed by atoms with Gasteiger partial charge in [0.15, 0.2) is 5.82 Å². The van der Waals surface area contributed by atoms with Gasteiger partial charge in [-0.05, 0) is 19.1 Å². The number of carbonyl (C=O) groups is 2. The van der Waals surface area contributed by atoms with Crippen LogP contribution >= 0.6 is 11.6 Å². The molecule has 37 heavy (non-hydrogen) atoms. The van der Waals surface area contributed by atoms with Crippen molar-refractivity contribution >= 4 is 40.5 Å². The maximum Gasteiger partial charge on any atom is 0.409 e. The number of pyridine rings is 1. The average molecular weight is 540 g/mol. The minimum atomic E-state index is -4.57. The van der Waals surface area contributed by atoms with E-state index >= 15 is 0 Å². The van der Waals surface area contributed by atoms with E-state index in [1.54, 1.807) is 12.3 Å². The molecule has 0 radical (unpaired) electrons. The number of hydrogen-bond donors (Lipinski definition) is 2. The standard InChI is InChI=1S/C23H25ClF3N7O3/c1-4-9-37-22(36)33(3)7-8-34(14(2)21(35)31-13-23(25,26)27)18-5-6-28-20(32-18)17-12-30-19-16(17)10-15(24)11-29-19/h4-6,10-12,14H,1,7-9,13H2,2-3H3,(H,29,30)(H,31,35)/t14-/m0/s1. The summed E-state index contributed by atoms with van der Waals surface area (Å²) in [5.74, 6) is -0.325. The smallest absolute Gasteiger partial charge is 0.409 e. The van der Waals surface area contributed by atoms with Gasteiger partial charge >= 0.3 is 12.3 Å². The summed E-state index contributed by atoms with van der Waals surface area (Å²) in [7, 11) is 1.49. The summed E-state index contributed by atoms with van der Waals surface area (Å²) >= 11 is 6.09. The Hall–Kier alpha value is -3.87. The number of rotatable bonds is 10. The molecule has 0 aliphatic heterocycles. The molecule has 0 aliphatic carbocycles. The summed E-state index contributed by atoms with van der Waals surface area (Å²) in [4.78, 5) is 43.5. The number of fused-ring (bicyclic) bond motifs is 1. The van der Waals surface area contributed by atoms with E-state index in [1.807, 2.05) is 5.32 Å². The molecule has 3 aromatic rings. The van der Waals surface area contributed by atoms with Crippen molar-refractivity contribution in [3.05, 3.63) is 48.4 Å². The third-order valence-electron chi connectivity index (χ3n) is 5.30. The van der Waals surface area contributed by atoms with E-state index < -0.39 is 30.8 Å². The van der Waals surface area contributed by atoms with Crippen molar-refractivity contribution in [2.24, 2.45) is 0 Å². The molecule has 0 aromatic carbocycles. The minimum absolute atomic E-state index is 0.0158. The van der Waals surface area contributed by atoms with Crippen LogP contribution in [-0.2, 0) is 9.53 Å². The first-order chi connectivity index (χ1) is 17.5. The minimum Gasteiger partial charge on any atom is -0.445 e. The van der Waals surface area contributed by atoms with Gasteiger partial charge in [0.25, 0.3) is 0 Å². The highest BCUT2D eigenvalue weighted by atomic mass is 35.5. The molecule has 3 rings (SSSR count). The molecule has 0 saturated heterocycles. The molecular weight excluding hydrogens is 515 g/mol. The highest BCUT2D eigenvalue weighted by Gasteiger charge is 2.31. The van der Waals surface area contributed by atoms with Crippen molar-refractivity contribution in [1.82, 2.24) is 30.2 Å². The second kappa shape index (κ2) is 11.9. The Morgan fingerprint density at radius 3 is 2.78 bits per heavy atom. The largest absolute Gasteiger partial charge is 0.445 e. The quantitative estimate of drug-likeness (QED) is 0.376. The lowest BCUT2D eigenvalue weighted by Gasteiger charge is -2.31. The number of aromatic nitrogens is 4. The highest BCUT2D eigenvalue weighted by Crippen LogP contribution is 2.28.